The topological polar surface area (TPSA) is 9.23 Å². The summed E-state index contributed by atoms with van der Waals surface area (Å²) in [6.07, 6.45) is 1.12. The van der Waals surface area contributed by atoms with Gasteiger partial charge >= 0.3 is 0 Å². The molecule has 1 nitrogen and oxygen atoms in total. The van der Waals surface area contributed by atoms with E-state index in [4.69, 9.17) is 4.74 Å². The van der Waals surface area contributed by atoms with E-state index in [2.05, 4.69) is 98.8 Å². The van der Waals surface area contributed by atoms with Crippen molar-refractivity contribution in [3.8, 4) is 0 Å². The molecule has 0 spiro atoms. The van der Waals surface area contributed by atoms with Gasteiger partial charge in [-0.3, -0.25) is 0 Å². The van der Waals surface area contributed by atoms with E-state index in [0.717, 1.165) is 12.8 Å². The molecule has 0 unspecified atom stereocenters. The third-order valence-electron chi connectivity index (χ3n) is 4.33. The second-order valence-corrected chi connectivity index (χ2v) is 9.60. The van der Waals surface area contributed by atoms with E-state index in [1.165, 1.54) is 16.2 Å². The van der Waals surface area contributed by atoms with Crippen molar-refractivity contribution in [3.05, 3.63) is 96.6 Å². The van der Waals surface area contributed by atoms with E-state index in [1.807, 2.05) is 6.07 Å². The first-order valence-electron chi connectivity index (χ1n) is 9.13. The minimum atomic E-state index is -0.390. The molecule has 0 radical (unpaired) electrons. The van der Waals surface area contributed by atoms with Gasteiger partial charge in [0.05, 0.1) is 13.2 Å². The number of benzene rings is 3. The van der Waals surface area contributed by atoms with Gasteiger partial charge in [-0.1, -0.05) is 105 Å². The Morgan fingerprint density at radius 1 is 0.692 bits per heavy atom. The van der Waals surface area contributed by atoms with E-state index < -0.39 is 0 Å². The Labute approximate surface area is 158 Å². The fraction of sp³-hybridized carbons (Fsp3) is 0.250. The van der Waals surface area contributed by atoms with Gasteiger partial charge in [-0.05, 0) is 35.7 Å². The highest BCUT2D eigenvalue weighted by Crippen LogP contribution is 2.40. The van der Waals surface area contributed by atoms with Gasteiger partial charge < -0.3 is 4.74 Å². The average molecular weight is 362 g/mol. The molecular formula is C24H27OP. The minimum absolute atomic E-state index is 0.117. The lowest BCUT2D eigenvalue weighted by Gasteiger charge is -2.30. The standard InChI is InChI=1S/C24H27OP/c1-24(2,19-25-18-21-12-6-3-7-13-21)20-26(22-14-8-4-9-15-22)23-16-10-5-11-17-23/h3-17H,18-20H2,1-2H3. The molecule has 0 atom stereocenters. The van der Waals surface area contributed by atoms with Crippen molar-refractivity contribution in [1.29, 1.82) is 0 Å². The zero-order valence-electron chi connectivity index (χ0n) is 15.6. The Bertz CT molecular complexity index is 730. The predicted octanol–water partition coefficient (Wildman–Crippen LogP) is 5.36. The first-order chi connectivity index (χ1) is 12.6. The molecular weight excluding hydrogens is 335 g/mol. The Balaban J connectivity index is 1.69. The highest BCUT2D eigenvalue weighted by atomic mass is 31.1. The summed E-state index contributed by atoms with van der Waals surface area (Å²) in [4.78, 5) is 0. The molecule has 0 saturated heterocycles. The van der Waals surface area contributed by atoms with Crippen LogP contribution in [0.5, 0.6) is 0 Å². The molecule has 0 aliphatic rings. The van der Waals surface area contributed by atoms with Crippen molar-refractivity contribution >= 4 is 18.5 Å². The second-order valence-electron chi connectivity index (χ2n) is 7.40. The maximum absolute atomic E-state index is 6.07. The Morgan fingerprint density at radius 3 is 1.65 bits per heavy atom. The third-order valence-corrected chi connectivity index (χ3v) is 7.34. The molecule has 0 saturated carbocycles. The molecule has 0 fully saturated rings. The van der Waals surface area contributed by atoms with Crippen LogP contribution in [0.3, 0.4) is 0 Å². The van der Waals surface area contributed by atoms with Gasteiger partial charge in [0.15, 0.2) is 0 Å². The highest BCUT2D eigenvalue weighted by Gasteiger charge is 2.25. The maximum Gasteiger partial charge on any atom is 0.0717 e. The van der Waals surface area contributed by atoms with Gasteiger partial charge in [0.2, 0.25) is 0 Å². The quantitative estimate of drug-likeness (QED) is 0.490. The van der Waals surface area contributed by atoms with Gasteiger partial charge in [-0.2, -0.15) is 0 Å². The van der Waals surface area contributed by atoms with Gasteiger partial charge in [0.1, 0.15) is 0 Å². The number of ether oxygens (including phenoxy) is 1. The SMILES string of the molecule is CC(C)(COCc1ccccc1)CP(c1ccccc1)c1ccccc1. The first-order valence-corrected chi connectivity index (χ1v) is 10.7. The fourth-order valence-corrected chi connectivity index (χ4v) is 5.72. The van der Waals surface area contributed by atoms with Crippen molar-refractivity contribution in [2.24, 2.45) is 5.41 Å². The number of hydrogen-bond acceptors (Lipinski definition) is 1. The average Bonchev–Trinajstić information content (AvgIpc) is 2.68. The lowest BCUT2D eigenvalue weighted by Crippen LogP contribution is -2.28. The van der Waals surface area contributed by atoms with Crippen LogP contribution in [0.15, 0.2) is 91.0 Å². The monoisotopic (exact) mass is 362 g/mol. The normalized spacial score (nSPS) is 11.7. The molecule has 0 bridgehead atoms. The van der Waals surface area contributed by atoms with Crippen LogP contribution in [0.25, 0.3) is 0 Å². The summed E-state index contributed by atoms with van der Waals surface area (Å²) in [6.45, 7) is 6.08. The minimum Gasteiger partial charge on any atom is -0.376 e. The molecule has 26 heavy (non-hydrogen) atoms. The summed E-state index contributed by atoms with van der Waals surface area (Å²) < 4.78 is 6.07. The van der Waals surface area contributed by atoms with E-state index >= 15 is 0 Å². The van der Waals surface area contributed by atoms with Crippen LogP contribution in [0.1, 0.15) is 19.4 Å². The maximum atomic E-state index is 6.07. The number of rotatable bonds is 8. The second kappa shape index (κ2) is 9.12. The van der Waals surface area contributed by atoms with Crippen molar-refractivity contribution in [1.82, 2.24) is 0 Å². The molecule has 0 aliphatic carbocycles. The lowest BCUT2D eigenvalue weighted by molar-refractivity contribution is 0.0616. The zero-order valence-corrected chi connectivity index (χ0v) is 16.5. The van der Waals surface area contributed by atoms with E-state index in [9.17, 15) is 0 Å². The van der Waals surface area contributed by atoms with Crippen LogP contribution in [-0.4, -0.2) is 12.8 Å². The Kier molecular flexibility index (Phi) is 6.61. The summed E-state index contributed by atoms with van der Waals surface area (Å²) in [5, 5.41) is 2.87. The molecule has 3 aromatic rings. The van der Waals surface area contributed by atoms with Crippen LogP contribution < -0.4 is 10.6 Å². The summed E-state index contributed by atoms with van der Waals surface area (Å²) in [7, 11) is -0.390. The van der Waals surface area contributed by atoms with Crippen LogP contribution in [0, 0.1) is 5.41 Å². The molecule has 0 N–H and O–H groups in total. The van der Waals surface area contributed by atoms with Crippen molar-refractivity contribution < 1.29 is 4.74 Å². The zero-order chi connectivity index (χ0) is 18.2. The molecule has 134 valence electrons. The molecule has 0 aromatic heterocycles. The van der Waals surface area contributed by atoms with Crippen LogP contribution in [0.2, 0.25) is 0 Å². The lowest BCUT2D eigenvalue weighted by atomic mass is 9.98. The van der Waals surface area contributed by atoms with E-state index in [1.54, 1.807) is 0 Å². The van der Waals surface area contributed by atoms with Crippen molar-refractivity contribution in [2.45, 2.75) is 20.5 Å². The number of hydrogen-bond donors (Lipinski definition) is 0. The van der Waals surface area contributed by atoms with Crippen LogP contribution >= 0.6 is 7.92 Å². The molecule has 0 heterocycles. The summed E-state index contributed by atoms with van der Waals surface area (Å²) >= 11 is 0. The van der Waals surface area contributed by atoms with Gasteiger partial charge in [0, 0.05) is 0 Å². The van der Waals surface area contributed by atoms with Crippen molar-refractivity contribution in [2.75, 3.05) is 12.8 Å². The largest absolute Gasteiger partial charge is 0.376 e. The summed E-state index contributed by atoms with van der Waals surface area (Å²) in [5.41, 5.74) is 1.35. The van der Waals surface area contributed by atoms with E-state index in [-0.39, 0.29) is 13.3 Å². The van der Waals surface area contributed by atoms with Gasteiger partial charge in [0.25, 0.3) is 0 Å². The first kappa shape index (κ1) is 18.8. The highest BCUT2D eigenvalue weighted by molar-refractivity contribution is 7.73. The molecule has 3 aromatic carbocycles. The van der Waals surface area contributed by atoms with Crippen molar-refractivity contribution in [3.63, 3.8) is 0 Å². The third kappa shape index (κ3) is 5.53. The Morgan fingerprint density at radius 2 is 1.15 bits per heavy atom. The smallest absolute Gasteiger partial charge is 0.0717 e. The molecule has 3 rings (SSSR count). The van der Waals surface area contributed by atoms with Crippen LogP contribution in [0.4, 0.5) is 0 Å². The molecule has 0 amide bonds. The Hall–Kier alpha value is -1.95. The van der Waals surface area contributed by atoms with Gasteiger partial charge in [-0.15, -0.1) is 0 Å². The summed E-state index contributed by atoms with van der Waals surface area (Å²) in [6, 6.07) is 32.2. The van der Waals surface area contributed by atoms with E-state index in [0.29, 0.717) is 6.61 Å². The van der Waals surface area contributed by atoms with Gasteiger partial charge in [-0.25, -0.2) is 0 Å². The fourth-order valence-electron chi connectivity index (χ4n) is 3.04. The molecule has 2 heteroatoms. The molecule has 0 aliphatic heterocycles. The predicted molar refractivity (Wildman–Crippen MR) is 114 cm³/mol. The van der Waals surface area contributed by atoms with Crippen LogP contribution in [-0.2, 0) is 11.3 Å². The summed E-state index contributed by atoms with van der Waals surface area (Å²) in [5.74, 6) is 0.